The molecule has 1 aromatic carbocycles. The first-order valence-electron chi connectivity index (χ1n) is 11.8. The van der Waals surface area contributed by atoms with Crippen molar-refractivity contribution in [2.75, 3.05) is 18.0 Å². The number of aromatic nitrogens is 1. The Hall–Kier alpha value is -2.16. The van der Waals surface area contributed by atoms with Crippen LogP contribution in [-0.4, -0.2) is 34.7 Å². The van der Waals surface area contributed by atoms with E-state index in [9.17, 15) is 0 Å². The topological polar surface area (TPSA) is 11.2 Å². The molecule has 6 rings (SSSR count). The molecular weight excluding hydrogens is 530 g/mol. The molecule has 3 nitrogen and oxygen atoms in total. The second-order valence-electron chi connectivity index (χ2n) is 9.73. The van der Waals surface area contributed by atoms with Crippen molar-refractivity contribution in [1.82, 2.24) is 4.48 Å². The first-order chi connectivity index (χ1) is 15.8. The zero-order valence-corrected chi connectivity index (χ0v) is 21.4. The van der Waals surface area contributed by atoms with E-state index in [-0.39, 0.29) is 0 Å². The van der Waals surface area contributed by atoms with Crippen LogP contribution in [-0.2, 0) is 12.8 Å². The first kappa shape index (κ1) is 21.4. The summed E-state index contributed by atoms with van der Waals surface area (Å²) in [6.07, 6.45) is 10.4. The smallest absolute Gasteiger partial charge is 0.390 e. The molecular formula is C26H27BF2IN3. The van der Waals surface area contributed by atoms with Crippen molar-refractivity contribution in [2.24, 2.45) is 0 Å². The molecule has 0 aliphatic carbocycles. The minimum absolute atomic E-state index is 0.558. The summed E-state index contributed by atoms with van der Waals surface area (Å²) in [5.74, 6) is 0. The Balaban J connectivity index is 1.44. The lowest BCUT2D eigenvalue weighted by molar-refractivity contribution is -0.362. The van der Waals surface area contributed by atoms with Gasteiger partial charge >= 0.3 is 6.97 Å². The summed E-state index contributed by atoms with van der Waals surface area (Å²) in [4.78, 5) is 2.53. The number of benzene rings is 1. The molecule has 0 fully saturated rings. The summed E-state index contributed by atoms with van der Waals surface area (Å²) >= 11 is 2.18. The maximum atomic E-state index is 16.0. The zero-order valence-electron chi connectivity index (χ0n) is 19.3. The highest BCUT2D eigenvalue weighted by Gasteiger charge is 2.54. The molecule has 4 aliphatic rings. The van der Waals surface area contributed by atoms with Gasteiger partial charge in [0.2, 0.25) is 0 Å². The van der Waals surface area contributed by atoms with E-state index in [1.165, 1.54) is 38.6 Å². The Labute approximate surface area is 207 Å². The molecule has 33 heavy (non-hydrogen) atoms. The molecule has 0 radical (unpaired) electrons. The van der Waals surface area contributed by atoms with Crippen molar-refractivity contribution >= 4 is 59.2 Å². The van der Waals surface area contributed by atoms with E-state index in [2.05, 4.69) is 39.6 Å². The summed E-state index contributed by atoms with van der Waals surface area (Å²) in [6, 6.07) is 6.41. The fraction of sp³-hybridized carbons (Fsp3) is 0.346. The first-order valence-corrected chi connectivity index (χ1v) is 12.9. The van der Waals surface area contributed by atoms with Gasteiger partial charge in [0.15, 0.2) is 5.70 Å². The number of halogens is 3. The number of fused-ring (bicyclic) bond motifs is 2. The molecule has 4 aliphatic heterocycles. The molecule has 0 bridgehead atoms. The van der Waals surface area contributed by atoms with Crippen LogP contribution in [0.1, 0.15) is 60.3 Å². The van der Waals surface area contributed by atoms with E-state index in [1.54, 1.807) is 6.92 Å². The lowest BCUT2D eigenvalue weighted by Crippen LogP contribution is -2.50. The second kappa shape index (κ2) is 7.42. The zero-order chi connectivity index (χ0) is 23.1. The second-order valence-corrected chi connectivity index (χ2v) is 10.8. The molecule has 0 spiro atoms. The standard InChI is InChI=1S/C26H27BF2IN3/c1-16-12-22(33-23(16)15-24-17(2)25(30)18(3)32(24)27(33,28)29)9-8-19-13-20-6-4-10-31-11-5-7-21(14-19)26(20)31/h8-9,12-15H,4-7,10-11H2,1-3H3/b9-8+. The Kier molecular flexibility index (Phi) is 4.81. The van der Waals surface area contributed by atoms with Crippen LogP contribution >= 0.6 is 22.6 Å². The number of nitrogens with zero attached hydrogens (tertiary/aromatic N) is 3. The summed E-state index contributed by atoms with van der Waals surface area (Å²) in [7, 11) is 0. The van der Waals surface area contributed by atoms with Gasteiger partial charge in [-0.05, 0) is 109 Å². The predicted octanol–water partition coefficient (Wildman–Crippen LogP) is 6.44. The number of aryl methyl sites for hydroxylation is 3. The van der Waals surface area contributed by atoms with Crippen molar-refractivity contribution in [2.45, 2.75) is 46.5 Å². The molecule has 0 saturated carbocycles. The van der Waals surface area contributed by atoms with Gasteiger partial charge in [0.05, 0.1) is 3.58 Å². The van der Waals surface area contributed by atoms with Crippen molar-refractivity contribution in [3.05, 3.63) is 66.7 Å². The van der Waals surface area contributed by atoms with Crippen LogP contribution in [0.15, 0.2) is 33.0 Å². The van der Waals surface area contributed by atoms with Gasteiger partial charge in [0.1, 0.15) is 5.71 Å². The lowest BCUT2D eigenvalue weighted by atomic mass is 9.89. The average Bonchev–Trinajstić information content (AvgIpc) is 3.23. The monoisotopic (exact) mass is 557 g/mol. The van der Waals surface area contributed by atoms with Gasteiger partial charge in [0, 0.05) is 48.7 Å². The highest BCUT2D eigenvalue weighted by atomic mass is 127. The lowest BCUT2D eigenvalue weighted by Gasteiger charge is -2.37. The van der Waals surface area contributed by atoms with Crippen LogP contribution in [0.25, 0.3) is 18.2 Å². The maximum Gasteiger partial charge on any atom is 0.737 e. The summed E-state index contributed by atoms with van der Waals surface area (Å²) in [5, 5.41) is 0. The maximum absolute atomic E-state index is 16.0. The van der Waals surface area contributed by atoms with Crippen molar-refractivity contribution in [3.63, 3.8) is 0 Å². The Morgan fingerprint density at radius 3 is 2.33 bits per heavy atom. The van der Waals surface area contributed by atoms with E-state index in [0.29, 0.717) is 22.8 Å². The highest BCUT2D eigenvalue weighted by molar-refractivity contribution is 14.1. The fourth-order valence-electron chi connectivity index (χ4n) is 6.14. The van der Waals surface area contributed by atoms with E-state index >= 15 is 8.63 Å². The van der Waals surface area contributed by atoms with Gasteiger partial charge in [-0.2, -0.15) is 0 Å². The highest BCUT2D eigenvalue weighted by Crippen LogP contribution is 2.41. The van der Waals surface area contributed by atoms with Crippen LogP contribution in [0.5, 0.6) is 0 Å². The molecule has 7 heteroatoms. The molecule has 5 heterocycles. The largest absolute Gasteiger partial charge is 0.737 e. The minimum atomic E-state index is -3.97. The Morgan fingerprint density at radius 2 is 1.67 bits per heavy atom. The third-order valence-electron chi connectivity index (χ3n) is 7.65. The van der Waals surface area contributed by atoms with Crippen LogP contribution in [0.4, 0.5) is 14.3 Å². The van der Waals surface area contributed by atoms with Gasteiger partial charge in [0.25, 0.3) is 0 Å². The molecule has 170 valence electrons. The summed E-state index contributed by atoms with van der Waals surface area (Å²) < 4.78 is 35.3. The third kappa shape index (κ3) is 3.07. The van der Waals surface area contributed by atoms with Gasteiger partial charge in [-0.3, -0.25) is 0 Å². The minimum Gasteiger partial charge on any atom is -0.390 e. The Bertz CT molecular complexity index is 1310. The van der Waals surface area contributed by atoms with Gasteiger partial charge in [-0.15, -0.1) is 0 Å². The van der Waals surface area contributed by atoms with Crippen LogP contribution < -0.4 is 4.90 Å². The molecule has 0 unspecified atom stereocenters. The van der Waals surface area contributed by atoms with Crippen LogP contribution in [0.2, 0.25) is 0 Å². The molecule has 1 aromatic heterocycles. The van der Waals surface area contributed by atoms with Gasteiger partial charge in [-0.1, -0.05) is 6.08 Å². The average molecular weight is 557 g/mol. The van der Waals surface area contributed by atoms with Crippen molar-refractivity contribution in [1.29, 1.82) is 0 Å². The molecule has 2 aromatic rings. The summed E-state index contributed by atoms with van der Waals surface area (Å²) in [5.41, 5.74) is 9.61. The van der Waals surface area contributed by atoms with Gasteiger partial charge in [-0.25, -0.2) is 0 Å². The Morgan fingerprint density at radius 1 is 1.00 bits per heavy atom. The number of hydrogen-bond donors (Lipinski definition) is 0. The molecule has 0 N–H and O–H groups in total. The van der Waals surface area contributed by atoms with E-state index in [0.717, 1.165) is 46.2 Å². The number of allylic oxidation sites excluding steroid dienone is 2. The van der Waals surface area contributed by atoms with Crippen molar-refractivity contribution < 1.29 is 13.1 Å². The number of hydrogen-bond acceptors (Lipinski definition) is 1. The fourth-order valence-corrected chi connectivity index (χ4v) is 6.67. The van der Waals surface area contributed by atoms with Crippen LogP contribution in [0, 0.1) is 6.92 Å². The predicted molar refractivity (Wildman–Crippen MR) is 142 cm³/mol. The summed E-state index contributed by atoms with van der Waals surface area (Å²) in [6.45, 7) is 3.99. The van der Waals surface area contributed by atoms with Crippen molar-refractivity contribution in [3.8, 4) is 0 Å². The number of rotatable bonds is 2. The normalized spacial score (nSPS) is 20.9. The quantitative estimate of drug-likeness (QED) is 0.306. The van der Waals surface area contributed by atoms with E-state index < -0.39 is 6.97 Å². The van der Waals surface area contributed by atoms with Crippen LogP contribution in [0.3, 0.4) is 0 Å². The van der Waals surface area contributed by atoms with Gasteiger partial charge < -0.3 is 22.5 Å². The van der Waals surface area contributed by atoms with E-state index in [4.69, 9.17) is 0 Å². The molecule has 0 amide bonds. The third-order valence-corrected chi connectivity index (χ3v) is 9.24. The number of anilines is 1. The molecule has 0 saturated heterocycles. The molecule has 0 atom stereocenters. The van der Waals surface area contributed by atoms with E-state index in [1.807, 2.05) is 38.1 Å². The SMILES string of the molecule is CC1=C(I)C(C)=[N+]2C1=Cc1c(C)cc(/C=C/c3cc4c5c(c3)CCCN5CCC4)n1[B-]2(F)F.